The fourth-order valence-corrected chi connectivity index (χ4v) is 6.06. The average Bonchev–Trinajstić information content (AvgIpc) is 3.07. The lowest BCUT2D eigenvalue weighted by molar-refractivity contribution is 0.107. The van der Waals surface area contributed by atoms with Crippen molar-refractivity contribution in [3.63, 3.8) is 0 Å². The van der Waals surface area contributed by atoms with Crippen LogP contribution in [-0.4, -0.2) is 25.9 Å². The molecule has 0 saturated carbocycles. The molecule has 0 radical (unpaired) electrons. The minimum Gasteiger partial charge on any atom is -0.492 e. The lowest BCUT2D eigenvalue weighted by Crippen LogP contribution is -2.32. The number of sulfonamides is 1. The van der Waals surface area contributed by atoms with E-state index in [9.17, 15) is 12.8 Å². The summed E-state index contributed by atoms with van der Waals surface area (Å²) in [6.07, 6.45) is 4.22. The quantitative estimate of drug-likeness (QED) is 0.497. The molecule has 0 N–H and O–H groups in total. The van der Waals surface area contributed by atoms with E-state index in [1.54, 1.807) is 18.2 Å². The van der Waals surface area contributed by atoms with Crippen LogP contribution in [0.15, 0.2) is 65.6 Å². The molecule has 0 fully saturated rings. The Labute approximate surface area is 200 Å². The number of aryl methyl sites for hydroxylation is 2. The molecule has 0 saturated heterocycles. The maximum atomic E-state index is 13.5. The van der Waals surface area contributed by atoms with Gasteiger partial charge in [-0.25, -0.2) is 12.8 Å². The minimum atomic E-state index is -3.64. The topological polar surface area (TPSA) is 55.8 Å². The Morgan fingerprint density at radius 2 is 1.59 bits per heavy atom. The zero-order valence-corrected chi connectivity index (χ0v) is 19.8. The van der Waals surface area contributed by atoms with Crippen LogP contribution in [0.4, 0.5) is 4.39 Å². The van der Waals surface area contributed by atoms with Crippen molar-refractivity contribution in [2.45, 2.75) is 50.3 Å². The zero-order chi connectivity index (χ0) is 23.5. The van der Waals surface area contributed by atoms with Crippen LogP contribution >= 0.6 is 0 Å². The number of hydrogen-bond donors (Lipinski definition) is 0. The molecule has 5 nitrogen and oxygen atoms in total. The largest absolute Gasteiger partial charge is 0.492 e. The molecule has 5 rings (SSSR count). The van der Waals surface area contributed by atoms with Crippen molar-refractivity contribution in [3.8, 4) is 5.75 Å². The van der Waals surface area contributed by atoms with Crippen LogP contribution in [0.25, 0.3) is 0 Å². The smallest absolute Gasteiger partial charge is 0.243 e. The van der Waals surface area contributed by atoms with Gasteiger partial charge in [0.1, 0.15) is 18.2 Å². The maximum Gasteiger partial charge on any atom is 0.243 e. The van der Waals surface area contributed by atoms with Gasteiger partial charge in [-0.05, 0) is 84.3 Å². The predicted molar refractivity (Wildman–Crippen MR) is 128 cm³/mol. The van der Waals surface area contributed by atoms with Crippen molar-refractivity contribution < 1.29 is 22.3 Å². The summed E-state index contributed by atoms with van der Waals surface area (Å²) >= 11 is 0. The van der Waals surface area contributed by atoms with Gasteiger partial charge in [0, 0.05) is 18.7 Å². The summed E-state index contributed by atoms with van der Waals surface area (Å²) < 4.78 is 53.2. The number of ether oxygens (including phenoxy) is 2. The van der Waals surface area contributed by atoms with E-state index in [0.717, 1.165) is 47.9 Å². The molecule has 0 aromatic heterocycles. The maximum absolute atomic E-state index is 13.5. The van der Waals surface area contributed by atoms with Gasteiger partial charge in [0.15, 0.2) is 0 Å². The molecule has 0 spiro atoms. The van der Waals surface area contributed by atoms with E-state index >= 15 is 0 Å². The molecule has 1 aliphatic carbocycles. The molecule has 2 aliphatic rings. The summed E-state index contributed by atoms with van der Waals surface area (Å²) in [6, 6.07) is 17.5. The first-order valence-electron chi connectivity index (χ1n) is 11.7. The minimum absolute atomic E-state index is 0.251. The van der Waals surface area contributed by atoms with E-state index in [2.05, 4.69) is 0 Å². The van der Waals surface area contributed by atoms with Crippen LogP contribution < -0.4 is 4.74 Å². The number of fused-ring (bicyclic) bond motifs is 2. The summed E-state index contributed by atoms with van der Waals surface area (Å²) in [5.41, 5.74) is 5.06. The van der Waals surface area contributed by atoms with E-state index in [1.165, 1.54) is 22.0 Å². The Balaban J connectivity index is 1.31. The molecule has 1 heterocycles. The van der Waals surface area contributed by atoms with Crippen molar-refractivity contribution in [1.82, 2.24) is 4.31 Å². The van der Waals surface area contributed by atoms with Gasteiger partial charge in [-0.15, -0.1) is 0 Å². The first kappa shape index (κ1) is 23.0. The monoisotopic (exact) mass is 481 g/mol. The molecule has 34 heavy (non-hydrogen) atoms. The summed E-state index contributed by atoms with van der Waals surface area (Å²) in [6.45, 7) is 1.58. The molecule has 0 unspecified atom stereocenters. The van der Waals surface area contributed by atoms with Crippen LogP contribution in [-0.2, 0) is 47.4 Å². The van der Waals surface area contributed by atoms with E-state index in [-0.39, 0.29) is 12.4 Å². The van der Waals surface area contributed by atoms with Crippen molar-refractivity contribution in [3.05, 3.63) is 94.3 Å². The van der Waals surface area contributed by atoms with Gasteiger partial charge in [-0.2, -0.15) is 4.31 Å². The second-order valence-corrected chi connectivity index (χ2v) is 10.8. The summed E-state index contributed by atoms with van der Waals surface area (Å²) in [7, 11) is -3.64. The van der Waals surface area contributed by atoms with Crippen LogP contribution in [0, 0.1) is 5.82 Å². The molecule has 178 valence electrons. The molecule has 1 aliphatic heterocycles. The standard InChI is InChI=1S/C27H28FNO4S/c28-25-9-5-20(6-10-25)18-32-19-21-7-12-27-24(15-21)17-29(13-14-33-27)34(30,31)26-11-8-22-3-1-2-4-23(22)16-26/h5-12,15-16H,1-4,13-14,17-19H2. The molecule has 3 aromatic rings. The van der Waals surface area contributed by atoms with Gasteiger partial charge in [0.25, 0.3) is 0 Å². The molecule has 7 heteroatoms. The number of benzene rings is 3. The van der Waals surface area contributed by atoms with E-state index in [0.29, 0.717) is 37.0 Å². The highest BCUT2D eigenvalue weighted by Gasteiger charge is 2.28. The van der Waals surface area contributed by atoms with Gasteiger partial charge >= 0.3 is 0 Å². The van der Waals surface area contributed by atoms with Crippen molar-refractivity contribution in [2.75, 3.05) is 13.2 Å². The third-order valence-electron chi connectivity index (χ3n) is 6.48. The second-order valence-electron chi connectivity index (χ2n) is 8.89. The third-order valence-corrected chi connectivity index (χ3v) is 8.32. The van der Waals surface area contributed by atoms with Gasteiger partial charge in [0.05, 0.1) is 18.1 Å². The second kappa shape index (κ2) is 9.86. The van der Waals surface area contributed by atoms with E-state index < -0.39 is 10.0 Å². The highest BCUT2D eigenvalue weighted by Crippen LogP contribution is 2.30. The van der Waals surface area contributed by atoms with Crippen molar-refractivity contribution in [2.24, 2.45) is 0 Å². The van der Waals surface area contributed by atoms with Crippen LogP contribution in [0.2, 0.25) is 0 Å². The molecule has 3 aromatic carbocycles. The molecule has 0 atom stereocenters. The number of halogens is 1. The highest BCUT2D eigenvalue weighted by atomic mass is 32.2. The SMILES string of the molecule is O=S(=O)(c1ccc2c(c1)CCCC2)N1CCOc2ccc(COCc3ccc(F)cc3)cc2C1. The Morgan fingerprint density at radius 3 is 2.41 bits per heavy atom. The average molecular weight is 482 g/mol. The van der Waals surface area contributed by atoms with Gasteiger partial charge in [0.2, 0.25) is 10.0 Å². The molecular formula is C27H28FNO4S. The van der Waals surface area contributed by atoms with Gasteiger partial charge in [-0.3, -0.25) is 0 Å². The van der Waals surface area contributed by atoms with Crippen molar-refractivity contribution in [1.29, 1.82) is 0 Å². The van der Waals surface area contributed by atoms with Gasteiger partial charge < -0.3 is 9.47 Å². The van der Waals surface area contributed by atoms with Crippen LogP contribution in [0.3, 0.4) is 0 Å². The Kier molecular flexibility index (Phi) is 6.68. The first-order valence-corrected chi connectivity index (χ1v) is 13.1. The Hall–Kier alpha value is -2.74. The summed E-state index contributed by atoms with van der Waals surface area (Å²) in [5.74, 6) is 0.426. The molecule has 0 bridgehead atoms. The fourth-order valence-electron chi connectivity index (χ4n) is 4.61. The number of nitrogens with zero attached hydrogens (tertiary/aromatic N) is 1. The molecule has 0 amide bonds. The van der Waals surface area contributed by atoms with E-state index in [4.69, 9.17) is 9.47 Å². The van der Waals surface area contributed by atoms with Crippen molar-refractivity contribution >= 4 is 10.0 Å². The van der Waals surface area contributed by atoms with Crippen LogP contribution in [0.1, 0.15) is 40.7 Å². The lowest BCUT2D eigenvalue weighted by atomic mass is 9.92. The summed E-state index contributed by atoms with van der Waals surface area (Å²) in [5, 5.41) is 0. The lowest BCUT2D eigenvalue weighted by Gasteiger charge is -2.22. The third kappa shape index (κ3) is 5.02. The number of rotatable bonds is 6. The Bertz CT molecular complexity index is 1270. The van der Waals surface area contributed by atoms with Gasteiger partial charge in [-0.1, -0.05) is 24.3 Å². The molecular weight excluding hydrogens is 453 g/mol. The number of hydrogen-bond acceptors (Lipinski definition) is 4. The zero-order valence-electron chi connectivity index (χ0n) is 19.0. The fraction of sp³-hybridized carbons (Fsp3) is 0.333. The Morgan fingerprint density at radius 1 is 0.853 bits per heavy atom. The van der Waals surface area contributed by atoms with E-state index in [1.807, 2.05) is 30.3 Å². The highest BCUT2D eigenvalue weighted by molar-refractivity contribution is 7.89. The first-order chi connectivity index (χ1) is 16.5. The summed E-state index contributed by atoms with van der Waals surface area (Å²) in [4.78, 5) is 0.357. The predicted octanol–water partition coefficient (Wildman–Crippen LogP) is 5.00. The normalized spacial score (nSPS) is 16.3. The van der Waals surface area contributed by atoms with Crippen LogP contribution in [0.5, 0.6) is 5.75 Å².